The highest BCUT2D eigenvalue weighted by Crippen LogP contribution is 2.37. The number of fused-ring (bicyclic) bond motifs is 1. The lowest BCUT2D eigenvalue weighted by molar-refractivity contribution is 0.305. The maximum Gasteiger partial charge on any atom is 0.345 e. The van der Waals surface area contributed by atoms with E-state index in [-0.39, 0.29) is 0 Å². The van der Waals surface area contributed by atoms with Gasteiger partial charge in [-0.2, -0.15) is 8.78 Å². The van der Waals surface area contributed by atoms with Gasteiger partial charge in [0.15, 0.2) is 34.9 Å². The highest BCUT2D eigenvalue weighted by atomic mass is 19.3. The van der Waals surface area contributed by atoms with Gasteiger partial charge >= 0.3 is 6.43 Å². The fourth-order valence-electron chi connectivity index (χ4n) is 1.65. The summed E-state index contributed by atoms with van der Waals surface area (Å²) in [7, 11) is 0. The van der Waals surface area contributed by atoms with Gasteiger partial charge in [0.25, 0.3) is 0 Å². The van der Waals surface area contributed by atoms with Gasteiger partial charge in [-0.1, -0.05) is 0 Å². The molecule has 0 saturated heterocycles. The summed E-state index contributed by atoms with van der Waals surface area (Å²) in [5.74, 6) is -17.4. The minimum absolute atomic E-state index is 1.93. The minimum atomic E-state index is -3.08. The van der Waals surface area contributed by atoms with Crippen molar-refractivity contribution in [3.05, 3.63) is 52.7 Å². The van der Waals surface area contributed by atoms with Gasteiger partial charge < -0.3 is 0 Å². The second kappa shape index (κ2) is 4.57. The maximum atomic E-state index is 13.5. The van der Waals surface area contributed by atoms with Crippen LogP contribution in [0.5, 0.6) is 0 Å². The van der Waals surface area contributed by atoms with Crippen molar-refractivity contribution in [2.45, 2.75) is 0 Å². The summed E-state index contributed by atoms with van der Waals surface area (Å²) in [6, 6.07) is 0. The van der Waals surface area contributed by atoms with Gasteiger partial charge in [0, 0.05) is 0 Å². The summed E-state index contributed by atoms with van der Waals surface area (Å²) in [4.78, 5) is 0. The van der Waals surface area contributed by atoms with Crippen LogP contribution >= 0.6 is 0 Å². The Morgan fingerprint density at radius 1 is 0.450 bits per heavy atom. The molecular formula is C11F9. The van der Waals surface area contributed by atoms with E-state index >= 15 is 0 Å². The van der Waals surface area contributed by atoms with Crippen LogP contribution in [0.3, 0.4) is 0 Å². The molecule has 0 aromatic heterocycles. The Morgan fingerprint density at radius 3 is 1.20 bits per heavy atom. The molecular weight excluding hydrogens is 303 g/mol. The first kappa shape index (κ1) is 14.5. The molecule has 2 rings (SSSR count). The van der Waals surface area contributed by atoms with Crippen LogP contribution in [-0.2, 0) is 0 Å². The van der Waals surface area contributed by atoms with Gasteiger partial charge in [-0.25, -0.2) is 30.7 Å². The lowest BCUT2D eigenvalue weighted by atomic mass is 10.0. The van der Waals surface area contributed by atoms with Crippen molar-refractivity contribution in [1.29, 1.82) is 0 Å². The molecule has 107 valence electrons. The van der Waals surface area contributed by atoms with Crippen LogP contribution < -0.4 is 0 Å². The maximum absolute atomic E-state index is 13.5. The van der Waals surface area contributed by atoms with E-state index in [1.165, 1.54) is 0 Å². The first-order valence-electron chi connectivity index (χ1n) is 4.70. The van der Waals surface area contributed by atoms with E-state index in [0.717, 1.165) is 0 Å². The lowest BCUT2D eigenvalue weighted by Gasteiger charge is -2.11. The zero-order valence-electron chi connectivity index (χ0n) is 8.90. The summed E-state index contributed by atoms with van der Waals surface area (Å²) < 4.78 is 117. The Morgan fingerprint density at radius 2 is 0.800 bits per heavy atom. The van der Waals surface area contributed by atoms with E-state index in [4.69, 9.17) is 0 Å². The first-order chi connectivity index (χ1) is 9.20. The third-order valence-corrected chi connectivity index (χ3v) is 2.53. The molecule has 0 fully saturated rings. The fraction of sp³-hybridized carbons (Fsp3) is 0. The molecule has 2 aromatic carbocycles. The molecule has 0 spiro atoms. The topological polar surface area (TPSA) is 0 Å². The SMILES string of the molecule is F[C](F)c1c(F)c(F)c2c(F)c(F)c(F)c(F)c2c1F. The summed E-state index contributed by atoms with van der Waals surface area (Å²) in [6.07, 6.45) is -3.08. The number of rotatable bonds is 1. The van der Waals surface area contributed by atoms with Gasteiger partial charge in [-0.05, 0) is 0 Å². The quantitative estimate of drug-likeness (QED) is 0.410. The zero-order valence-corrected chi connectivity index (χ0v) is 8.90. The van der Waals surface area contributed by atoms with Crippen molar-refractivity contribution < 1.29 is 39.5 Å². The molecule has 20 heavy (non-hydrogen) atoms. The van der Waals surface area contributed by atoms with Crippen molar-refractivity contribution in [2.75, 3.05) is 0 Å². The predicted octanol–water partition coefficient (Wildman–Crippen LogP) is 4.59. The largest absolute Gasteiger partial charge is 0.345 e. The molecule has 0 aliphatic carbocycles. The van der Waals surface area contributed by atoms with Crippen LogP contribution in [0, 0.1) is 47.1 Å². The molecule has 9 heteroatoms. The molecule has 1 radical (unpaired) electrons. The third-order valence-electron chi connectivity index (χ3n) is 2.53. The highest BCUT2D eigenvalue weighted by Gasteiger charge is 2.33. The number of halogens is 9. The average Bonchev–Trinajstić information content (AvgIpc) is 2.37. The third kappa shape index (κ3) is 1.72. The van der Waals surface area contributed by atoms with E-state index in [0.29, 0.717) is 0 Å². The van der Waals surface area contributed by atoms with Gasteiger partial charge in [-0.15, -0.1) is 0 Å². The van der Waals surface area contributed by atoms with Crippen molar-refractivity contribution in [1.82, 2.24) is 0 Å². The minimum Gasteiger partial charge on any atom is -0.206 e. The summed E-state index contributed by atoms with van der Waals surface area (Å²) >= 11 is 0. The molecule has 0 aliphatic heterocycles. The first-order valence-corrected chi connectivity index (χ1v) is 4.70. The van der Waals surface area contributed by atoms with Crippen LogP contribution in [0.15, 0.2) is 0 Å². The van der Waals surface area contributed by atoms with Crippen molar-refractivity contribution in [3.8, 4) is 0 Å². The summed E-state index contributed by atoms with van der Waals surface area (Å²) in [6.45, 7) is 0. The number of benzene rings is 2. The fourth-order valence-corrected chi connectivity index (χ4v) is 1.65. The number of hydrogen-bond acceptors (Lipinski definition) is 0. The molecule has 0 aliphatic rings. The molecule has 0 N–H and O–H groups in total. The second-order valence-electron chi connectivity index (χ2n) is 3.58. The Kier molecular flexibility index (Phi) is 3.31. The average molecular weight is 303 g/mol. The van der Waals surface area contributed by atoms with E-state index in [1.54, 1.807) is 0 Å². The Hall–Kier alpha value is -1.93. The Labute approximate surface area is 104 Å². The monoisotopic (exact) mass is 303 g/mol. The summed E-state index contributed by atoms with van der Waals surface area (Å²) in [5, 5.41) is -3.87. The van der Waals surface area contributed by atoms with Gasteiger partial charge in [0.2, 0.25) is 0 Å². The van der Waals surface area contributed by atoms with Crippen LogP contribution in [0.1, 0.15) is 5.56 Å². The molecule has 0 bridgehead atoms. The van der Waals surface area contributed by atoms with Gasteiger partial charge in [0.05, 0.1) is 10.8 Å². The predicted molar refractivity (Wildman–Crippen MR) is 48.2 cm³/mol. The van der Waals surface area contributed by atoms with E-state index in [1.807, 2.05) is 0 Å². The van der Waals surface area contributed by atoms with E-state index < -0.39 is 63.5 Å². The van der Waals surface area contributed by atoms with E-state index in [9.17, 15) is 39.5 Å². The lowest BCUT2D eigenvalue weighted by Crippen LogP contribution is -2.08. The zero-order chi connectivity index (χ0) is 15.4. The smallest absolute Gasteiger partial charge is 0.206 e. The van der Waals surface area contributed by atoms with E-state index in [2.05, 4.69) is 0 Å². The Balaban J connectivity index is 3.17. The molecule has 2 aromatic rings. The molecule has 0 saturated carbocycles. The highest BCUT2D eigenvalue weighted by molar-refractivity contribution is 5.86. The van der Waals surface area contributed by atoms with Crippen LogP contribution in [0.25, 0.3) is 10.8 Å². The van der Waals surface area contributed by atoms with Crippen LogP contribution in [-0.4, -0.2) is 0 Å². The van der Waals surface area contributed by atoms with Gasteiger partial charge in [-0.3, -0.25) is 0 Å². The Bertz CT molecular complexity index is 720. The van der Waals surface area contributed by atoms with Crippen molar-refractivity contribution in [2.24, 2.45) is 0 Å². The van der Waals surface area contributed by atoms with Crippen LogP contribution in [0.4, 0.5) is 39.5 Å². The van der Waals surface area contributed by atoms with Crippen molar-refractivity contribution >= 4 is 10.8 Å². The molecule has 0 atom stereocenters. The summed E-state index contributed by atoms with van der Waals surface area (Å²) in [5.41, 5.74) is -2.28. The standard InChI is InChI=1S/C11F9/c12-4-1-2(5(13)8(16)3(4)11(19)20)7(15)10(18)9(17)6(1)14. The molecule has 0 unspecified atom stereocenters. The molecule has 0 amide bonds. The molecule has 0 heterocycles. The van der Waals surface area contributed by atoms with Crippen LogP contribution in [0.2, 0.25) is 0 Å². The second-order valence-corrected chi connectivity index (χ2v) is 3.58. The van der Waals surface area contributed by atoms with Gasteiger partial charge in [0.1, 0.15) is 11.4 Å². The van der Waals surface area contributed by atoms with Crippen molar-refractivity contribution in [3.63, 3.8) is 0 Å². The molecule has 0 nitrogen and oxygen atoms in total. The normalized spacial score (nSPS) is 11.7. The number of hydrogen-bond donors (Lipinski definition) is 0.